The van der Waals surface area contributed by atoms with Gasteiger partial charge in [0.25, 0.3) is 5.91 Å². The molecule has 0 radical (unpaired) electrons. The molecule has 12 heteroatoms. The van der Waals surface area contributed by atoms with Crippen LogP contribution in [0, 0.1) is 17.8 Å². The van der Waals surface area contributed by atoms with Crippen LogP contribution >= 0.6 is 11.6 Å². The van der Waals surface area contributed by atoms with Crippen LogP contribution in [0.5, 0.6) is 5.75 Å². The summed E-state index contributed by atoms with van der Waals surface area (Å²) in [6.07, 6.45) is 10.1. The van der Waals surface area contributed by atoms with E-state index in [4.69, 9.17) is 30.5 Å². The molecule has 3 aliphatic heterocycles. The molecule has 2 aliphatic carbocycles. The lowest BCUT2D eigenvalue weighted by molar-refractivity contribution is -0.0315. The van der Waals surface area contributed by atoms with Gasteiger partial charge in [0.15, 0.2) is 0 Å². The summed E-state index contributed by atoms with van der Waals surface area (Å²) in [5.74, 6) is 0.499. The highest BCUT2D eigenvalue weighted by Crippen LogP contribution is 2.47. The van der Waals surface area contributed by atoms with Crippen molar-refractivity contribution >= 4 is 33.2 Å². The van der Waals surface area contributed by atoms with Gasteiger partial charge >= 0.3 is 0 Å². The van der Waals surface area contributed by atoms with Crippen molar-refractivity contribution in [1.82, 2.24) is 9.62 Å². The van der Waals surface area contributed by atoms with Gasteiger partial charge in [-0.1, -0.05) is 36.7 Å². The lowest BCUT2D eigenvalue weighted by Gasteiger charge is -2.46. The zero-order valence-corrected chi connectivity index (χ0v) is 32.1. The first-order valence-corrected chi connectivity index (χ1v) is 21.0. The number of amides is 1. The number of morpholine rings is 1. The highest BCUT2D eigenvalue weighted by molar-refractivity contribution is 7.90. The number of hydrogen-bond acceptors (Lipinski definition) is 9. The zero-order chi connectivity index (χ0) is 36.3. The molecule has 52 heavy (non-hydrogen) atoms. The van der Waals surface area contributed by atoms with Gasteiger partial charge in [-0.2, -0.15) is 0 Å². The first kappa shape index (κ1) is 37.6. The molecule has 0 unspecified atom stereocenters. The molecule has 2 aromatic carbocycles. The van der Waals surface area contributed by atoms with Crippen molar-refractivity contribution in [2.24, 2.45) is 17.8 Å². The van der Waals surface area contributed by atoms with Crippen LogP contribution in [-0.2, 0) is 36.1 Å². The van der Waals surface area contributed by atoms with Gasteiger partial charge in [-0.05, 0) is 104 Å². The summed E-state index contributed by atoms with van der Waals surface area (Å²) < 4.78 is 54.5. The van der Waals surface area contributed by atoms with Crippen molar-refractivity contribution in [3.63, 3.8) is 0 Å². The predicted molar refractivity (Wildman–Crippen MR) is 203 cm³/mol. The minimum absolute atomic E-state index is 0.0887. The van der Waals surface area contributed by atoms with Gasteiger partial charge < -0.3 is 23.8 Å². The van der Waals surface area contributed by atoms with Crippen LogP contribution in [0.4, 0.5) is 5.69 Å². The van der Waals surface area contributed by atoms with Gasteiger partial charge in [0, 0.05) is 62.4 Å². The van der Waals surface area contributed by atoms with E-state index in [0.29, 0.717) is 42.8 Å². The van der Waals surface area contributed by atoms with Crippen molar-refractivity contribution in [2.75, 3.05) is 77.8 Å². The van der Waals surface area contributed by atoms with E-state index in [2.05, 4.69) is 38.8 Å². The third-order valence-electron chi connectivity index (χ3n) is 12.2. The first-order valence-electron chi connectivity index (χ1n) is 19.1. The maximum absolute atomic E-state index is 13.9. The largest absolute Gasteiger partial charge is 0.490 e. The number of carbonyl (C=O) groups excluding carboxylic acids is 1. The zero-order valence-electron chi connectivity index (χ0n) is 30.6. The van der Waals surface area contributed by atoms with Crippen LogP contribution in [0.25, 0.3) is 0 Å². The van der Waals surface area contributed by atoms with E-state index < -0.39 is 21.2 Å². The van der Waals surface area contributed by atoms with Crippen LogP contribution in [0.1, 0.15) is 66.9 Å². The highest BCUT2D eigenvalue weighted by atomic mass is 35.5. The topological polar surface area (TPSA) is 107 Å². The van der Waals surface area contributed by atoms with Crippen LogP contribution in [0.15, 0.2) is 48.6 Å². The molecule has 5 aliphatic rings. The second-order valence-electron chi connectivity index (χ2n) is 15.5. The van der Waals surface area contributed by atoms with Crippen molar-refractivity contribution in [3.05, 3.63) is 70.3 Å². The Hall–Kier alpha value is -2.67. The van der Waals surface area contributed by atoms with E-state index in [9.17, 15) is 13.2 Å². The minimum atomic E-state index is -4.04. The fraction of sp³-hybridized carbons (Fsp3) is 0.625. The van der Waals surface area contributed by atoms with Gasteiger partial charge in [0.1, 0.15) is 5.75 Å². The molecular weight excluding hydrogens is 702 g/mol. The van der Waals surface area contributed by atoms with Gasteiger partial charge in [0.05, 0.1) is 43.5 Å². The third kappa shape index (κ3) is 8.20. The molecule has 2 bridgehead atoms. The van der Waals surface area contributed by atoms with E-state index in [0.717, 1.165) is 88.8 Å². The Morgan fingerprint density at radius 2 is 1.94 bits per heavy atom. The molecule has 7 rings (SSSR count). The smallest absolute Gasteiger partial charge is 0.264 e. The molecule has 1 N–H and O–H groups in total. The summed E-state index contributed by atoms with van der Waals surface area (Å²) in [4.78, 5) is 18.6. The predicted octanol–water partition coefficient (Wildman–Crippen LogP) is 5.62. The number of carbonyl (C=O) groups is 1. The van der Waals surface area contributed by atoms with Gasteiger partial charge in [-0.15, -0.1) is 0 Å². The lowest BCUT2D eigenvalue weighted by Crippen LogP contribution is -2.50. The number of ether oxygens (including phenoxy) is 4. The molecule has 1 spiro atoms. The molecule has 6 atom stereocenters. The Morgan fingerprint density at radius 3 is 2.73 bits per heavy atom. The number of hydrogen-bond donors (Lipinski definition) is 1. The molecule has 3 heterocycles. The lowest BCUT2D eigenvalue weighted by atomic mass is 9.68. The van der Waals surface area contributed by atoms with Crippen molar-refractivity contribution in [3.8, 4) is 5.75 Å². The van der Waals surface area contributed by atoms with Crippen molar-refractivity contribution < 1.29 is 32.2 Å². The maximum Gasteiger partial charge on any atom is 0.264 e. The number of aryl methyl sites for hydroxylation is 1. The van der Waals surface area contributed by atoms with E-state index in [-0.39, 0.29) is 30.5 Å². The normalized spacial score (nSPS) is 31.3. The van der Waals surface area contributed by atoms with Crippen molar-refractivity contribution in [1.29, 1.82) is 0 Å². The molecule has 2 aromatic rings. The van der Waals surface area contributed by atoms with Gasteiger partial charge in [-0.25, -0.2) is 13.1 Å². The molecule has 10 nitrogen and oxygen atoms in total. The Morgan fingerprint density at radius 1 is 1.10 bits per heavy atom. The standard InChI is InChI=1S/C40H54ClN3O7S/c1-28-5-3-7-36(50-22-18-43-16-20-49-21-17-43)33-11-8-31(33)25-44-26-40(15-4-6-29-23-32(41)10-12-34(29)40)27-51-37-13-9-30(24-35(37)44)39(45)42-52(46,47)38(28)14-19-48-2/h3,7,9-10,12-13,23-24,28,31,33,36,38H,4-6,8,11,14-22,25-27H2,1-2H3,(H,42,45)/b7-3+/t28-,31-,33+,36-,38-,40-/m0/s1. The van der Waals surface area contributed by atoms with E-state index in [1.54, 1.807) is 13.2 Å². The number of rotatable bonds is 7. The molecule has 2 fully saturated rings. The number of nitrogens with zero attached hydrogens (tertiary/aromatic N) is 2. The number of halogens is 1. The Labute approximate surface area is 314 Å². The fourth-order valence-corrected chi connectivity index (χ4v) is 10.9. The van der Waals surface area contributed by atoms with Crippen LogP contribution in [0.3, 0.4) is 0 Å². The van der Waals surface area contributed by atoms with E-state index in [1.807, 2.05) is 25.1 Å². The number of nitrogens with one attached hydrogen (secondary N) is 1. The molecule has 1 saturated carbocycles. The molecule has 1 amide bonds. The van der Waals surface area contributed by atoms with E-state index >= 15 is 0 Å². The summed E-state index contributed by atoms with van der Waals surface area (Å²) in [6.45, 7) is 9.01. The molecule has 284 valence electrons. The maximum atomic E-state index is 13.9. The highest BCUT2D eigenvalue weighted by Gasteiger charge is 2.45. The van der Waals surface area contributed by atoms with Gasteiger partial charge in [-0.3, -0.25) is 9.69 Å². The summed E-state index contributed by atoms with van der Waals surface area (Å²) in [5.41, 5.74) is 3.40. The average molecular weight is 756 g/mol. The van der Waals surface area contributed by atoms with Crippen LogP contribution in [-0.4, -0.2) is 103 Å². The summed E-state index contributed by atoms with van der Waals surface area (Å²) in [7, 11) is -2.47. The van der Waals surface area contributed by atoms with Gasteiger partial charge in [0.2, 0.25) is 10.0 Å². The second-order valence-corrected chi connectivity index (χ2v) is 17.9. The molecule has 0 aromatic heterocycles. The summed E-state index contributed by atoms with van der Waals surface area (Å²) in [6, 6.07) is 11.6. The molecular formula is C40H54ClN3O7S. The number of anilines is 1. The molecule has 1 saturated heterocycles. The number of allylic oxidation sites excluding steroid dienone is 1. The SMILES string of the molecule is COCC[C@H]1[C@@H](C)C/C=C/[C@H](OCCN2CCOCC2)[C@@H]2CC[C@H]2CN2C[C@@]3(CCCc4cc(Cl)ccc43)COc3ccc(cc32)C(=O)NS1(=O)=O. The van der Waals surface area contributed by atoms with Crippen LogP contribution < -0.4 is 14.4 Å². The number of sulfonamides is 1. The third-order valence-corrected chi connectivity index (χ3v) is 14.4. The number of methoxy groups -OCH3 is 1. The summed E-state index contributed by atoms with van der Waals surface area (Å²) >= 11 is 6.48. The first-order chi connectivity index (χ1) is 25.2. The Kier molecular flexibility index (Phi) is 11.8. The number of benzene rings is 2. The summed E-state index contributed by atoms with van der Waals surface area (Å²) in [5, 5.41) is -0.0698. The monoisotopic (exact) mass is 755 g/mol. The Balaban J connectivity index is 1.24. The van der Waals surface area contributed by atoms with Crippen molar-refractivity contribution in [2.45, 2.75) is 68.6 Å². The average Bonchev–Trinajstić information content (AvgIpc) is 3.26. The van der Waals surface area contributed by atoms with E-state index in [1.165, 1.54) is 11.1 Å². The Bertz CT molecular complexity index is 1720. The van der Waals surface area contributed by atoms with Crippen LogP contribution in [0.2, 0.25) is 5.02 Å². The number of fused-ring (bicyclic) bond motifs is 4. The quantitative estimate of drug-likeness (QED) is 0.361. The minimum Gasteiger partial charge on any atom is -0.490 e. The second kappa shape index (κ2) is 16.4. The fourth-order valence-electron chi connectivity index (χ4n) is 9.08.